The van der Waals surface area contributed by atoms with Crippen molar-refractivity contribution in [2.24, 2.45) is 0 Å². The Morgan fingerprint density at radius 1 is 1.19 bits per heavy atom. The van der Waals surface area contributed by atoms with E-state index in [1.165, 1.54) is 0 Å². The molecule has 2 fully saturated rings. The Labute approximate surface area is 163 Å². The molecule has 0 aliphatic carbocycles. The van der Waals surface area contributed by atoms with E-state index in [1.807, 2.05) is 4.90 Å². The van der Waals surface area contributed by atoms with E-state index in [0.717, 1.165) is 25.9 Å². The van der Waals surface area contributed by atoms with Gasteiger partial charge in [0.05, 0.1) is 10.7 Å². The van der Waals surface area contributed by atoms with Crippen LogP contribution in [0.3, 0.4) is 0 Å². The van der Waals surface area contributed by atoms with Crippen molar-refractivity contribution in [3.63, 3.8) is 0 Å². The van der Waals surface area contributed by atoms with Gasteiger partial charge in [-0.25, -0.2) is 0 Å². The molecule has 0 radical (unpaired) electrons. The van der Waals surface area contributed by atoms with Crippen molar-refractivity contribution >= 4 is 40.7 Å². The maximum absolute atomic E-state index is 12.3. The lowest BCUT2D eigenvalue weighted by Crippen LogP contribution is -2.51. The van der Waals surface area contributed by atoms with Crippen LogP contribution in [0.2, 0.25) is 10.0 Å². The zero-order valence-corrected chi connectivity index (χ0v) is 16.1. The summed E-state index contributed by atoms with van der Waals surface area (Å²) in [5, 5.41) is 3.78. The molecular formula is C18H23Cl2N3O3. The molecule has 0 saturated carbocycles. The first-order valence-corrected chi connectivity index (χ1v) is 9.66. The first kappa shape index (κ1) is 19.4. The Kier molecular flexibility index (Phi) is 6.75. The molecule has 2 heterocycles. The molecule has 0 aromatic heterocycles. The van der Waals surface area contributed by atoms with Crippen molar-refractivity contribution in [2.45, 2.75) is 25.4 Å². The molecule has 0 unspecified atom stereocenters. The summed E-state index contributed by atoms with van der Waals surface area (Å²) in [6.07, 6.45) is 1.89. The summed E-state index contributed by atoms with van der Waals surface area (Å²) in [6.45, 7) is 4.22. The highest BCUT2D eigenvalue weighted by Crippen LogP contribution is 2.25. The first-order chi connectivity index (χ1) is 12.5. The zero-order chi connectivity index (χ0) is 18.5. The highest BCUT2D eigenvalue weighted by molar-refractivity contribution is 6.35. The Hall–Kier alpha value is -1.34. The van der Waals surface area contributed by atoms with E-state index in [9.17, 15) is 9.59 Å². The normalized spacial score (nSPS) is 21.0. The van der Waals surface area contributed by atoms with E-state index in [4.69, 9.17) is 27.9 Å². The van der Waals surface area contributed by atoms with Crippen LogP contribution in [0.1, 0.15) is 19.3 Å². The average molecular weight is 400 g/mol. The largest absolute Gasteiger partial charge is 0.368 e. The molecule has 2 aliphatic rings. The topological polar surface area (TPSA) is 61.9 Å². The van der Waals surface area contributed by atoms with Crippen LogP contribution in [-0.4, -0.2) is 67.0 Å². The quantitative estimate of drug-likeness (QED) is 0.826. The van der Waals surface area contributed by atoms with Gasteiger partial charge in [0.1, 0.15) is 6.10 Å². The number of carbonyl (C=O) groups is 2. The van der Waals surface area contributed by atoms with E-state index >= 15 is 0 Å². The van der Waals surface area contributed by atoms with Gasteiger partial charge in [0, 0.05) is 50.8 Å². The zero-order valence-electron chi connectivity index (χ0n) is 14.5. The molecule has 0 bridgehead atoms. The molecule has 2 saturated heterocycles. The van der Waals surface area contributed by atoms with Crippen molar-refractivity contribution in [3.8, 4) is 0 Å². The molecule has 1 N–H and O–H groups in total. The van der Waals surface area contributed by atoms with E-state index in [1.54, 1.807) is 18.2 Å². The second-order valence-electron chi connectivity index (χ2n) is 6.59. The molecule has 1 aromatic carbocycles. The number of ether oxygens (including phenoxy) is 1. The van der Waals surface area contributed by atoms with Gasteiger partial charge in [0.2, 0.25) is 5.91 Å². The fourth-order valence-electron chi connectivity index (χ4n) is 3.23. The molecule has 142 valence electrons. The predicted molar refractivity (Wildman–Crippen MR) is 102 cm³/mol. The Bertz CT molecular complexity index is 657. The van der Waals surface area contributed by atoms with Crippen molar-refractivity contribution in [1.29, 1.82) is 0 Å². The molecule has 0 spiro atoms. The van der Waals surface area contributed by atoms with Crippen molar-refractivity contribution in [1.82, 2.24) is 9.80 Å². The maximum atomic E-state index is 12.3. The predicted octanol–water partition coefficient (Wildman–Crippen LogP) is 2.65. The third-order valence-electron chi connectivity index (χ3n) is 4.75. The number of nitrogens with zero attached hydrogens (tertiary/aromatic N) is 2. The molecule has 1 aromatic rings. The number of anilines is 1. The number of piperazine rings is 1. The van der Waals surface area contributed by atoms with Crippen LogP contribution in [0.15, 0.2) is 18.2 Å². The van der Waals surface area contributed by atoms with E-state index in [0.29, 0.717) is 48.4 Å². The fraction of sp³-hybridized carbons (Fsp3) is 0.556. The highest BCUT2D eigenvalue weighted by Gasteiger charge is 2.30. The smallest absolute Gasteiger partial charge is 0.251 e. The minimum atomic E-state index is -0.255. The monoisotopic (exact) mass is 399 g/mol. The fourth-order valence-corrected chi connectivity index (χ4v) is 3.57. The van der Waals surface area contributed by atoms with E-state index < -0.39 is 0 Å². The van der Waals surface area contributed by atoms with Crippen molar-refractivity contribution in [3.05, 3.63) is 28.2 Å². The summed E-state index contributed by atoms with van der Waals surface area (Å²) in [6, 6.07) is 4.97. The first-order valence-electron chi connectivity index (χ1n) is 8.90. The summed E-state index contributed by atoms with van der Waals surface area (Å²) in [7, 11) is 0. The Balaban J connectivity index is 1.40. The number of carbonyl (C=O) groups excluding carboxylic acids is 2. The van der Waals surface area contributed by atoms with Gasteiger partial charge < -0.3 is 15.0 Å². The minimum Gasteiger partial charge on any atom is -0.368 e. The third kappa shape index (κ3) is 5.10. The highest BCUT2D eigenvalue weighted by atomic mass is 35.5. The van der Waals surface area contributed by atoms with Gasteiger partial charge in [0.15, 0.2) is 0 Å². The molecule has 8 heteroatoms. The summed E-state index contributed by atoms with van der Waals surface area (Å²) < 4.78 is 5.47. The summed E-state index contributed by atoms with van der Waals surface area (Å²) >= 11 is 12.0. The molecular weight excluding hydrogens is 377 g/mol. The van der Waals surface area contributed by atoms with Gasteiger partial charge in [-0.05, 0) is 31.0 Å². The molecule has 2 amide bonds. The number of benzene rings is 1. The van der Waals surface area contributed by atoms with Crippen LogP contribution < -0.4 is 5.32 Å². The number of amides is 2. The van der Waals surface area contributed by atoms with Gasteiger partial charge in [-0.15, -0.1) is 0 Å². The van der Waals surface area contributed by atoms with Crippen LogP contribution in [0, 0.1) is 0 Å². The lowest BCUT2D eigenvalue weighted by atomic mass is 10.2. The maximum Gasteiger partial charge on any atom is 0.251 e. The number of rotatable bonds is 5. The van der Waals surface area contributed by atoms with Gasteiger partial charge in [-0.2, -0.15) is 0 Å². The third-order valence-corrected chi connectivity index (χ3v) is 5.31. The van der Waals surface area contributed by atoms with Gasteiger partial charge in [0.25, 0.3) is 5.91 Å². The summed E-state index contributed by atoms with van der Waals surface area (Å²) in [5.41, 5.74) is 0.524. The molecule has 6 nitrogen and oxygen atoms in total. The second-order valence-corrected chi connectivity index (χ2v) is 7.43. The van der Waals surface area contributed by atoms with E-state index in [2.05, 4.69) is 10.2 Å². The van der Waals surface area contributed by atoms with Crippen molar-refractivity contribution in [2.75, 3.05) is 44.6 Å². The molecule has 3 rings (SSSR count). The molecule has 1 atom stereocenters. The lowest BCUT2D eigenvalue weighted by molar-refractivity contribution is -0.142. The van der Waals surface area contributed by atoms with Crippen LogP contribution in [-0.2, 0) is 14.3 Å². The number of hydrogen-bond acceptors (Lipinski definition) is 4. The average Bonchev–Trinajstić information content (AvgIpc) is 3.17. The SMILES string of the molecule is O=C(CCN1CCN(C(=O)[C@@H]2CCCO2)CC1)Nc1cc(Cl)ccc1Cl. The number of nitrogens with one attached hydrogen (secondary N) is 1. The van der Waals surface area contributed by atoms with Crippen molar-refractivity contribution < 1.29 is 14.3 Å². The van der Waals surface area contributed by atoms with Gasteiger partial charge in [-0.3, -0.25) is 14.5 Å². The Morgan fingerprint density at radius 2 is 1.96 bits per heavy atom. The standard InChI is InChI=1S/C18H23Cl2N3O3/c19-13-3-4-14(20)15(12-13)21-17(24)5-6-22-7-9-23(10-8-22)18(25)16-2-1-11-26-16/h3-4,12,16H,1-2,5-11H2,(H,21,24)/t16-/m0/s1. The lowest BCUT2D eigenvalue weighted by Gasteiger charge is -2.35. The van der Waals surface area contributed by atoms with Gasteiger partial charge >= 0.3 is 0 Å². The Morgan fingerprint density at radius 3 is 2.65 bits per heavy atom. The number of halogens is 2. The molecule has 2 aliphatic heterocycles. The van der Waals surface area contributed by atoms with Gasteiger partial charge in [-0.1, -0.05) is 23.2 Å². The van der Waals surface area contributed by atoms with Crippen LogP contribution in [0.4, 0.5) is 5.69 Å². The summed E-state index contributed by atoms with van der Waals surface area (Å²) in [5.74, 6) is 0.00233. The van der Waals surface area contributed by atoms with Crippen LogP contribution >= 0.6 is 23.2 Å². The second kappa shape index (κ2) is 9.04. The van der Waals surface area contributed by atoms with Crippen LogP contribution in [0.5, 0.6) is 0 Å². The molecule has 26 heavy (non-hydrogen) atoms. The van der Waals surface area contributed by atoms with E-state index in [-0.39, 0.29) is 17.9 Å². The number of hydrogen-bond donors (Lipinski definition) is 1. The van der Waals surface area contributed by atoms with Crippen LogP contribution in [0.25, 0.3) is 0 Å². The minimum absolute atomic E-state index is 0.105. The summed E-state index contributed by atoms with van der Waals surface area (Å²) in [4.78, 5) is 28.5.